The molecule has 0 aliphatic carbocycles. The normalized spacial score (nSPS) is 21.6. The van der Waals surface area contributed by atoms with Gasteiger partial charge in [0.05, 0.1) is 31.4 Å². The number of Topliss-reactive ketones (excluding diaryl/α,β-unsaturated/α-hetero) is 1. The third-order valence-electron chi connectivity index (χ3n) is 6.60. The highest BCUT2D eigenvalue weighted by Gasteiger charge is 2.46. The summed E-state index contributed by atoms with van der Waals surface area (Å²) in [7, 11) is 0. The molecule has 3 heterocycles. The number of hydrogen-bond donors (Lipinski definition) is 1. The first kappa shape index (κ1) is 24.1. The minimum absolute atomic E-state index is 0.0484. The highest BCUT2D eigenvalue weighted by atomic mass is 16.6. The SMILES string of the molecule is CCOc1cccc([C@H]2C(=C(O)c3ccc4c(c3)OCCO4)C(=O)C(=O)N2CCN2CCOCC2)c1. The number of fused-ring (bicyclic) bond motifs is 1. The molecule has 9 nitrogen and oxygen atoms in total. The van der Waals surface area contributed by atoms with Gasteiger partial charge >= 0.3 is 0 Å². The Labute approximate surface area is 209 Å². The molecule has 9 heteroatoms. The Bertz CT molecular complexity index is 1170. The van der Waals surface area contributed by atoms with Gasteiger partial charge in [0.25, 0.3) is 11.7 Å². The fraction of sp³-hybridized carbons (Fsp3) is 0.407. The quantitative estimate of drug-likeness (QED) is 0.357. The average Bonchev–Trinajstić information content (AvgIpc) is 3.17. The van der Waals surface area contributed by atoms with Gasteiger partial charge in [-0.2, -0.15) is 0 Å². The van der Waals surface area contributed by atoms with Crippen molar-refractivity contribution in [3.05, 3.63) is 59.2 Å². The lowest BCUT2D eigenvalue weighted by Gasteiger charge is -2.31. The van der Waals surface area contributed by atoms with E-state index in [0.717, 1.165) is 13.1 Å². The van der Waals surface area contributed by atoms with Crippen LogP contribution in [-0.2, 0) is 14.3 Å². The fourth-order valence-electron chi connectivity index (χ4n) is 4.82. The summed E-state index contributed by atoms with van der Waals surface area (Å²) in [4.78, 5) is 30.4. The lowest BCUT2D eigenvalue weighted by molar-refractivity contribution is -0.140. The Balaban J connectivity index is 1.54. The summed E-state index contributed by atoms with van der Waals surface area (Å²) >= 11 is 0. The standard InChI is InChI=1S/C27H30N2O7/c1-2-34-20-5-3-4-18(16-20)24-23(25(30)19-6-7-21-22(17-19)36-15-14-35-21)26(31)27(32)29(24)9-8-28-10-12-33-13-11-28/h3-7,16-17,24,30H,2,8-15H2,1H3/t24-/m0/s1. The molecule has 1 amide bonds. The Morgan fingerprint density at radius 2 is 1.78 bits per heavy atom. The van der Waals surface area contributed by atoms with Crippen molar-refractivity contribution in [3.63, 3.8) is 0 Å². The van der Waals surface area contributed by atoms with E-state index >= 15 is 0 Å². The van der Waals surface area contributed by atoms with E-state index in [1.165, 1.54) is 0 Å². The molecule has 0 aromatic heterocycles. The van der Waals surface area contributed by atoms with Crippen LogP contribution in [-0.4, -0.2) is 85.8 Å². The van der Waals surface area contributed by atoms with E-state index in [9.17, 15) is 14.7 Å². The number of amides is 1. The largest absolute Gasteiger partial charge is 0.507 e. The number of morpholine rings is 1. The molecule has 3 aliphatic rings. The molecule has 0 spiro atoms. The van der Waals surface area contributed by atoms with Crippen LogP contribution in [0.1, 0.15) is 24.1 Å². The maximum absolute atomic E-state index is 13.3. The molecule has 2 aromatic rings. The summed E-state index contributed by atoms with van der Waals surface area (Å²) in [5, 5.41) is 11.4. The maximum Gasteiger partial charge on any atom is 0.295 e. The zero-order valence-electron chi connectivity index (χ0n) is 20.3. The van der Waals surface area contributed by atoms with Gasteiger partial charge in [0.2, 0.25) is 0 Å². The molecule has 5 rings (SSSR count). The third kappa shape index (κ3) is 4.76. The maximum atomic E-state index is 13.3. The average molecular weight is 495 g/mol. The number of likely N-dealkylation sites (tertiary alicyclic amines) is 1. The second-order valence-electron chi connectivity index (χ2n) is 8.81. The molecule has 2 fully saturated rings. The number of aliphatic hydroxyl groups is 1. The van der Waals surface area contributed by atoms with Crippen LogP contribution in [0.3, 0.4) is 0 Å². The fourth-order valence-corrected chi connectivity index (χ4v) is 4.82. The molecule has 0 radical (unpaired) electrons. The number of ether oxygens (including phenoxy) is 4. The van der Waals surface area contributed by atoms with E-state index in [1.807, 2.05) is 31.2 Å². The van der Waals surface area contributed by atoms with E-state index in [0.29, 0.717) is 74.5 Å². The molecule has 1 atom stereocenters. The van der Waals surface area contributed by atoms with Crippen molar-refractivity contribution in [2.24, 2.45) is 0 Å². The highest BCUT2D eigenvalue weighted by molar-refractivity contribution is 6.46. The molecule has 0 saturated carbocycles. The van der Waals surface area contributed by atoms with Gasteiger partial charge in [-0.3, -0.25) is 14.5 Å². The van der Waals surface area contributed by atoms with Crippen molar-refractivity contribution in [1.82, 2.24) is 9.80 Å². The van der Waals surface area contributed by atoms with Crippen LogP contribution in [0.5, 0.6) is 17.2 Å². The molecule has 36 heavy (non-hydrogen) atoms. The predicted octanol–water partition coefficient (Wildman–Crippen LogP) is 2.61. The number of ketones is 1. The molecule has 3 aliphatic heterocycles. The molecule has 190 valence electrons. The highest BCUT2D eigenvalue weighted by Crippen LogP contribution is 2.41. The number of nitrogens with zero attached hydrogens (tertiary/aromatic N) is 2. The molecule has 0 unspecified atom stereocenters. The van der Waals surface area contributed by atoms with E-state index in [-0.39, 0.29) is 11.3 Å². The second-order valence-corrected chi connectivity index (χ2v) is 8.81. The van der Waals surface area contributed by atoms with Crippen LogP contribution in [0.2, 0.25) is 0 Å². The Morgan fingerprint density at radius 3 is 2.56 bits per heavy atom. The predicted molar refractivity (Wildman–Crippen MR) is 131 cm³/mol. The van der Waals surface area contributed by atoms with Crippen molar-refractivity contribution in [1.29, 1.82) is 0 Å². The van der Waals surface area contributed by atoms with Crippen LogP contribution in [0.25, 0.3) is 5.76 Å². The van der Waals surface area contributed by atoms with Gasteiger partial charge in [-0.05, 0) is 42.8 Å². The molecule has 2 saturated heterocycles. The summed E-state index contributed by atoms with van der Waals surface area (Å²) in [6.07, 6.45) is 0. The lowest BCUT2D eigenvalue weighted by atomic mass is 9.95. The Hall–Kier alpha value is -3.56. The van der Waals surface area contributed by atoms with E-state index in [1.54, 1.807) is 23.1 Å². The van der Waals surface area contributed by atoms with Gasteiger partial charge in [0, 0.05) is 31.7 Å². The van der Waals surface area contributed by atoms with Gasteiger partial charge in [-0.25, -0.2) is 0 Å². The number of hydrogen-bond acceptors (Lipinski definition) is 8. The van der Waals surface area contributed by atoms with Gasteiger partial charge in [-0.15, -0.1) is 0 Å². The Kier molecular flexibility index (Phi) is 7.11. The summed E-state index contributed by atoms with van der Waals surface area (Å²) in [6, 6.07) is 11.6. The van der Waals surface area contributed by atoms with Crippen molar-refractivity contribution in [3.8, 4) is 17.2 Å². The lowest BCUT2D eigenvalue weighted by Crippen LogP contribution is -2.42. The Morgan fingerprint density at radius 1 is 1.00 bits per heavy atom. The monoisotopic (exact) mass is 494 g/mol. The molecule has 1 N–H and O–H groups in total. The van der Waals surface area contributed by atoms with Crippen LogP contribution in [0, 0.1) is 0 Å². The van der Waals surface area contributed by atoms with Crippen LogP contribution < -0.4 is 14.2 Å². The second kappa shape index (κ2) is 10.6. The van der Waals surface area contributed by atoms with Gasteiger partial charge in [-0.1, -0.05) is 12.1 Å². The van der Waals surface area contributed by atoms with Crippen LogP contribution in [0.15, 0.2) is 48.0 Å². The van der Waals surface area contributed by atoms with Crippen molar-refractivity contribution >= 4 is 17.4 Å². The van der Waals surface area contributed by atoms with Gasteiger partial charge < -0.3 is 29.0 Å². The van der Waals surface area contributed by atoms with Crippen LogP contribution in [0.4, 0.5) is 0 Å². The smallest absolute Gasteiger partial charge is 0.295 e. The first-order valence-corrected chi connectivity index (χ1v) is 12.3. The first-order valence-electron chi connectivity index (χ1n) is 12.3. The third-order valence-corrected chi connectivity index (χ3v) is 6.60. The topological polar surface area (TPSA) is 97.8 Å². The minimum Gasteiger partial charge on any atom is -0.507 e. The zero-order chi connectivity index (χ0) is 25.1. The van der Waals surface area contributed by atoms with Crippen molar-refractivity contribution < 1.29 is 33.6 Å². The van der Waals surface area contributed by atoms with Gasteiger partial charge in [0.15, 0.2) is 11.5 Å². The number of carbonyl (C=O) groups is 2. The summed E-state index contributed by atoms with van der Waals surface area (Å²) in [5.41, 5.74) is 1.13. The van der Waals surface area contributed by atoms with Crippen LogP contribution >= 0.6 is 0 Å². The van der Waals surface area contributed by atoms with Crippen molar-refractivity contribution in [2.75, 3.05) is 59.2 Å². The molecule has 0 bridgehead atoms. The molecular formula is C27H30N2O7. The summed E-state index contributed by atoms with van der Waals surface area (Å²) < 4.78 is 22.3. The molecule has 2 aromatic carbocycles. The number of rotatable bonds is 7. The van der Waals surface area contributed by atoms with Crippen molar-refractivity contribution in [2.45, 2.75) is 13.0 Å². The summed E-state index contributed by atoms with van der Waals surface area (Å²) in [5.74, 6) is 0.107. The van der Waals surface area contributed by atoms with E-state index < -0.39 is 17.7 Å². The van der Waals surface area contributed by atoms with Gasteiger partial charge in [0.1, 0.15) is 24.7 Å². The number of carbonyl (C=O) groups excluding carboxylic acids is 2. The van der Waals surface area contributed by atoms with E-state index in [2.05, 4.69) is 4.90 Å². The zero-order valence-corrected chi connectivity index (χ0v) is 20.3. The first-order chi connectivity index (χ1) is 17.6. The summed E-state index contributed by atoms with van der Waals surface area (Å²) in [6.45, 7) is 6.98. The number of aliphatic hydroxyl groups excluding tert-OH is 1. The minimum atomic E-state index is -0.750. The number of benzene rings is 2. The molecular weight excluding hydrogens is 464 g/mol. The van der Waals surface area contributed by atoms with E-state index in [4.69, 9.17) is 18.9 Å².